The molecular formula is C19H22ClF3N4O3S. The van der Waals surface area contributed by atoms with E-state index in [1.54, 1.807) is 11.6 Å². The van der Waals surface area contributed by atoms with Crippen molar-refractivity contribution in [3.63, 3.8) is 0 Å². The van der Waals surface area contributed by atoms with Gasteiger partial charge in [0.1, 0.15) is 0 Å². The van der Waals surface area contributed by atoms with Crippen molar-refractivity contribution in [2.75, 3.05) is 25.0 Å². The quantitative estimate of drug-likeness (QED) is 0.713. The summed E-state index contributed by atoms with van der Waals surface area (Å²) in [7, 11) is -2.16. The van der Waals surface area contributed by atoms with E-state index in [2.05, 4.69) is 10.3 Å². The number of aryl methyl sites for hydroxylation is 1. The third-order valence-corrected chi connectivity index (χ3v) is 7.73. The molecule has 2 fully saturated rings. The highest BCUT2D eigenvalue weighted by Crippen LogP contribution is 2.38. The van der Waals surface area contributed by atoms with Crippen LogP contribution in [0.3, 0.4) is 0 Å². The topological polar surface area (TPSA) is 76.5 Å². The van der Waals surface area contributed by atoms with E-state index in [0.29, 0.717) is 6.61 Å². The number of rotatable bonds is 5. The van der Waals surface area contributed by atoms with E-state index in [4.69, 9.17) is 16.3 Å². The number of hydrogen-bond donors (Lipinski definition) is 1. The number of sulfonamides is 1. The molecule has 31 heavy (non-hydrogen) atoms. The first-order valence-electron chi connectivity index (χ1n) is 9.79. The lowest BCUT2D eigenvalue weighted by molar-refractivity contribution is -0.137. The zero-order chi connectivity index (χ0) is 22.4. The molecule has 3 atom stereocenters. The van der Waals surface area contributed by atoms with Crippen LogP contribution in [0.15, 0.2) is 35.7 Å². The van der Waals surface area contributed by atoms with Gasteiger partial charge in [0.15, 0.2) is 5.03 Å². The Morgan fingerprint density at radius 3 is 2.68 bits per heavy atom. The average Bonchev–Trinajstić information content (AvgIpc) is 3.42. The largest absolute Gasteiger partial charge is 0.417 e. The summed E-state index contributed by atoms with van der Waals surface area (Å²) in [5.41, 5.74) is -0.717. The van der Waals surface area contributed by atoms with Gasteiger partial charge in [-0.3, -0.25) is 0 Å². The highest BCUT2D eigenvalue weighted by Gasteiger charge is 2.45. The van der Waals surface area contributed by atoms with Gasteiger partial charge in [-0.05, 0) is 31.0 Å². The Labute approximate surface area is 183 Å². The highest BCUT2D eigenvalue weighted by molar-refractivity contribution is 7.89. The lowest BCUT2D eigenvalue weighted by atomic mass is 9.94. The molecule has 1 aromatic carbocycles. The molecule has 7 nitrogen and oxygen atoms in total. The Kier molecular flexibility index (Phi) is 5.97. The number of aromatic nitrogens is 2. The molecule has 3 heterocycles. The van der Waals surface area contributed by atoms with Crippen LogP contribution < -0.4 is 5.32 Å². The summed E-state index contributed by atoms with van der Waals surface area (Å²) in [6.45, 7) is 0.869. The molecule has 0 spiro atoms. The monoisotopic (exact) mass is 478 g/mol. The summed E-state index contributed by atoms with van der Waals surface area (Å²) in [4.78, 5) is 3.95. The van der Waals surface area contributed by atoms with Gasteiger partial charge >= 0.3 is 6.18 Å². The highest BCUT2D eigenvalue weighted by atomic mass is 35.5. The third kappa shape index (κ3) is 4.55. The molecule has 2 aromatic rings. The van der Waals surface area contributed by atoms with Gasteiger partial charge in [-0.25, -0.2) is 13.4 Å². The van der Waals surface area contributed by atoms with Crippen LogP contribution in [0.25, 0.3) is 0 Å². The Morgan fingerprint density at radius 1 is 1.29 bits per heavy atom. The first-order chi connectivity index (χ1) is 14.6. The molecular weight excluding hydrogens is 457 g/mol. The van der Waals surface area contributed by atoms with Crippen LogP contribution in [0.4, 0.5) is 18.9 Å². The minimum absolute atomic E-state index is 0.0624. The first kappa shape index (κ1) is 22.4. The van der Waals surface area contributed by atoms with Crippen molar-refractivity contribution in [2.24, 2.45) is 13.0 Å². The number of benzene rings is 1. The number of ether oxygens (including phenoxy) is 1. The molecule has 0 radical (unpaired) electrons. The standard InChI is InChI=1S/C19H22ClF3N4O3S/c1-26-10-18(24-11-26)31(28,29)27-8-13(17-3-2-6-30-17)16(9-27)25-12-4-5-15(20)14(7-12)19(21,22)23/h4-5,7,10-11,13,16-17,25H,2-3,6,8-9H2,1H3. The second-order valence-electron chi connectivity index (χ2n) is 7.86. The molecule has 2 saturated heterocycles. The molecule has 2 aliphatic rings. The summed E-state index contributed by atoms with van der Waals surface area (Å²) in [6.07, 6.45) is -0.299. The number of nitrogens with zero attached hydrogens (tertiary/aromatic N) is 3. The van der Waals surface area contributed by atoms with Crippen molar-refractivity contribution in [1.82, 2.24) is 13.9 Å². The van der Waals surface area contributed by atoms with Crippen molar-refractivity contribution in [3.05, 3.63) is 41.3 Å². The molecule has 2 aliphatic heterocycles. The van der Waals surface area contributed by atoms with Gasteiger partial charge in [-0.2, -0.15) is 17.5 Å². The number of halogens is 4. The Balaban J connectivity index is 1.61. The summed E-state index contributed by atoms with van der Waals surface area (Å²) in [5.74, 6) is -0.217. The molecule has 3 unspecified atom stereocenters. The van der Waals surface area contributed by atoms with Crippen molar-refractivity contribution in [1.29, 1.82) is 0 Å². The normalized spacial score (nSPS) is 25.3. The maximum atomic E-state index is 13.2. The van der Waals surface area contributed by atoms with Crippen molar-refractivity contribution in [2.45, 2.75) is 36.2 Å². The van der Waals surface area contributed by atoms with Gasteiger partial charge in [-0.1, -0.05) is 11.6 Å². The summed E-state index contributed by atoms with van der Waals surface area (Å²) in [6, 6.07) is 3.17. The summed E-state index contributed by atoms with van der Waals surface area (Å²) >= 11 is 5.72. The van der Waals surface area contributed by atoms with Gasteiger partial charge in [0, 0.05) is 50.6 Å². The molecule has 170 valence electrons. The summed E-state index contributed by atoms with van der Waals surface area (Å²) in [5, 5.41) is 2.64. The zero-order valence-electron chi connectivity index (χ0n) is 16.6. The Bertz CT molecular complexity index is 1050. The van der Waals surface area contributed by atoms with Crippen LogP contribution in [0.2, 0.25) is 5.02 Å². The van der Waals surface area contributed by atoms with Crippen LogP contribution in [0.5, 0.6) is 0 Å². The van der Waals surface area contributed by atoms with Crippen molar-refractivity contribution in [3.8, 4) is 0 Å². The molecule has 1 aromatic heterocycles. The van der Waals surface area contributed by atoms with Crippen molar-refractivity contribution >= 4 is 27.3 Å². The predicted octanol–water partition coefficient (Wildman–Crippen LogP) is 3.37. The van der Waals surface area contributed by atoms with Gasteiger partial charge in [-0.15, -0.1) is 0 Å². The van der Waals surface area contributed by atoms with E-state index < -0.39 is 27.8 Å². The fourth-order valence-electron chi connectivity index (χ4n) is 4.16. The second kappa shape index (κ2) is 8.27. The minimum atomic E-state index is -4.59. The molecule has 0 aliphatic carbocycles. The zero-order valence-corrected chi connectivity index (χ0v) is 18.2. The number of nitrogens with one attached hydrogen (secondary N) is 1. The van der Waals surface area contributed by atoms with Gasteiger partial charge in [0.05, 0.1) is 23.0 Å². The molecule has 1 N–H and O–H groups in total. The fourth-order valence-corrected chi connectivity index (χ4v) is 5.85. The van der Waals surface area contributed by atoms with Crippen LogP contribution in [-0.4, -0.2) is 54.1 Å². The van der Waals surface area contributed by atoms with E-state index >= 15 is 0 Å². The van der Waals surface area contributed by atoms with E-state index in [9.17, 15) is 21.6 Å². The van der Waals surface area contributed by atoms with Gasteiger partial charge in [0.25, 0.3) is 10.0 Å². The van der Waals surface area contributed by atoms with Gasteiger partial charge < -0.3 is 14.6 Å². The van der Waals surface area contributed by atoms with E-state index in [1.807, 2.05) is 0 Å². The summed E-state index contributed by atoms with van der Waals surface area (Å²) < 4.78 is 74.5. The lowest BCUT2D eigenvalue weighted by Gasteiger charge is -2.25. The van der Waals surface area contributed by atoms with E-state index in [-0.39, 0.29) is 40.8 Å². The number of alkyl halides is 3. The van der Waals surface area contributed by atoms with E-state index in [0.717, 1.165) is 18.9 Å². The second-order valence-corrected chi connectivity index (χ2v) is 10.1. The minimum Gasteiger partial charge on any atom is -0.381 e. The van der Waals surface area contributed by atoms with Gasteiger partial charge in [0.2, 0.25) is 0 Å². The Morgan fingerprint density at radius 2 is 2.06 bits per heavy atom. The first-order valence-corrected chi connectivity index (χ1v) is 11.6. The molecule has 4 rings (SSSR count). The average molecular weight is 479 g/mol. The lowest BCUT2D eigenvalue weighted by Crippen LogP contribution is -2.35. The van der Waals surface area contributed by atoms with E-state index in [1.165, 1.54) is 29.0 Å². The molecule has 0 amide bonds. The van der Waals surface area contributed by atoms with Crippen LogP contribution in [-0.2, 0) is 28.0 Å². The van der Waals surface area contributed by atoms with Crippen LogP contribution in [0.1, 0.15) is 18.4 Å². The SMILES string of the molecule is Cn1cnc(S(=O)(=O)N2CC(Nc3ccc(Cl)c(C(F)(F)F)c3)C(C3CCCO3)C2)c1. The Hall–Kier alpha value is -1.82. The number of anilines is 1. The molecule has 0 saturated carbocycles. The predicted molar refractivity (Wildman–Crippen MR) is 108 cm³/mol. The number of hydrogen-bond acceptors (Lipinski definition) is 5. The molecule has 0 bridgehead atoms. The number of imidazole rings is 1. The third-order valence-electron chi connectivity index (χ3n) is 5.68. The maximum Gasteiger partial charge on any atom is 0.417 e. The maximum absolute atomic E-state index is 13.2. The van der Waals surface area contributed by atoms with Crippen LogP contribution >= 0.6 is 11.6 Å². The van der Waals surface area contributed by atoms with Crippen LogP contribution in [0, 0.1) is 5.92 Å². The molecule has 12 heteroatoms. The smallest absolute Gasteiger partial charge is 0.381 e. The van der Waals surface area contributed by atoms with Crippen molar-refractivity contribution < 1.29 is 26.3 Å². The fraction of sp³-hybridized carbons (Fsp3) is 0.526.